The summed E-state index contributed by atoms with van der Waals surface area (Å²) in [6, 6.07) is 20.2. The second-order valence-electron chi connectivity index (χ2n) is 6.83. The van der Waals surface area contributed by atoms with Crippen LogP contribution >= 0.6 is 34.8 Å². The van der Waals surface area contributed by atoms with Gasteiger partial charge in [-0.1, -0.05) is 77.3 Å². The summed E-state index contributed by atoms with van der Waals surface area (Å²) in [5.74, 6) is -0.992. The monoisotopic (exact) mass is 469 g/mol. The molecule has 3 rings (SSSR count). The van der Waals surface area contributed by atoms with Crippen LogP contribution < -0.4 is 5.01 Å². The van der Waals surface area contributed by atoms with E-state index in [2.05, 4.69) is 11.2 Å². The highest BCUT2D eigenvalue weighted by molar-refractivity contribution is 6.37. The normalized spacial score (nSPS) is 11.9. The lowest BCUT2D eigenvalue weighted by molar-refractivity contribution is -0.116. The number of carbonyl (C=O) groups excluding carboxylic acids is 1. The Balaban J connectivity index is 2.07. The van der Waals surface area contributed by atoms with Gasteiger partial charge in [0.2, 0.25) is 5.91 Å². The second-order valence-corrected chi connectivity index (χ2v) is 8.05. The Labute approximate surface area is 196 Å². The van der Waals surface area contributed by atoms with Crippen LogP contribution in [0.2, 0.25) is 15.1 Å². The zero-order valence-electron chi connectivity index (χ0n) is 16.8. The molecular formula is C24H18Cl3N3O. The lowest BCUT2D eigenvalue weighted by Gasteiger charge is -2.22. The number of anilines is 1. The summed E-state index contributed by atoms with van der Waals surface area (Å²) in [6.07, 6.45) is 1.59. The molecule has 0 N–H and O–H groups in total. The highest BCUT2D eigenvalue weighted by atomic mass is 35.5. The molecule has 1 unspecified atom stereocenters. The van der Waals surface area contributed by atoms with E-state index in [1.54, 1.807) is 43.5 Å². The van der Waals surface area contributed by atoms with E-state index in [1.807, 2.05) is 30.3 Å². The second kappa shape index (κ2) is 9.98. The van der Waals surface area contributed by atoms with Crippen LogP contribution in [-0.4, -0.2) is 12.1 Å². The van der Waals surface area contributed by atoms with Crippen molar-refractivity contribution < 1.29 is 4.79 Å². The van der Waals surface area contributed by atoms with E-state index >= 15 is 0 Å². The number of halogens is 3. The average molecular weight is 471 g/mol. The topological polar surface area (TPSA) is 56.5 Å². The molecule has 31 heavy (non-hydrogen) atoms. The standard InChI is InChI=1S/C24H18Cl3N3O/c1-15-22(30(16(2)31)29-14-17-6-4-3-5-7-17)12-21(26)23(24(15)27)20(13-28)18-8-10-19(25)11-9-18/h3-12,14,20H,1-2H3/b29-14+. The summed E-state index contributed by atoms with van der Waals surface area (Å²) in [5.41, 5.74) is 3.08. The minimum Gasteiger partial charge on any atom is -0.273 e. The third-order valence-corrected chi connectivity index (χ3v) is 5.79. The molecule has 0 aromatic heterocycles. The van der Waals surface area contributed by atoms with E-state index in [0.717, 1.165) is 5.56 Å². The van der Waals surface area contributed by atoms with Crippen molar-refractivity contribution in [2.24, 2.45) is 5.10 Å². The van der Waals surface area contributed by atoms with Gasteiger partial charge >= 0.3 is 0 Å². The maximum Gasteiger partial charge on any atom is 0.244 e. The van der Waals surface area contributed by atoms with Crippen LogP contribution in [0.4, 0.5) is 5.69 Å². The Kier molecular flexibility index (Phi) is 7.35. The first-order chi connectivity index (χ1) is 14.8. The molecule has 3 aromatic carbocycles. The Hall–Kier alpha value is -2.84. The van der Waals surface area contributed by atoms with Crippen LogP contribution in [0.15, 0.2) is 65.8 Å². The molecule has 1 atom stereocenters. The number of nitrogens with zero attached hydrogens (tertiary/aromatic N) is 3. The van der Waals surface area contributed by atoms with Crippen molar-refractivity contribution in [3.8, 4) is 6.07 Å². The summed E-state index contributed by atoms with van der Waals surface area (Å²) in [4.78, 5) is 12.3. The lowest BCUT2D eigenvalue weighted by Crippen LogP contribution is -2.23. The maximum absolute atomic E-state index is 12.3. The van der Waals surface area contributed by atoms with Gasteiger partial charge in [0.05, 0.1) is 28.9 Å². The van der Waals surface area contributed by atoms with E-state index in [1.165, 1.54) is 11.9 Å². The predicted molar refractivity (Wildman–Crippen MR) is 127 cm³/mol. The SMILES string of the molecule is CC(=O)N(/N=C/c1ccccc1)c1cc(Cl)c(C(C#N)c2ccc(Cl)cc2)c(Cl)c1C. The van der Waals surface area contributed by atoms with Crippen LogP contribution in [0.1, 0.15) is 35.1 Å². The molecule has 1 amide bonds. The van der Waals surface area contributed by atoms with E-state index in [9.17, 15) is 10.1 Å². The van der Waals surface area contributed by atoms with Gasteiger partial charge in [0.1, 0.15) is 0 Å². The predicted octanol–water partition coefficient (Wildman–Crippen LogP) is 7.00. The van der Waals surface area contributed by atoms with Gasteiger partial charge in [0.15, 0.2) is 0 Å². The number of rotatable bonds is 5. The third-order valence-electron chi connectivity index (χ3n) is 4.74. The van der Waals surface area contributed by atoms with E-state index < -0.39 is 5.92 Å². The zero-order valence-corrected chi connectivity index (χ0v) is 19.1. The summed E-state index contributed by atoms with van der Waals surface area (Å²) < 4.78 is 0. The molecule has 7 heteroatoms. The van der Waals surface area contributed by atoms with E-state index in [-0.39, 0.29) is 10.9 Å². The smallest absolute Gasteiger partial charge is 0.244 e. The molecule has 0 bridgehead atoms. The van der Waals surface area contributed by atoms with Gasteiger partial charge in [0.25, 0.3) is 0 Å². The summed E-state index contributed by atoms with van der Waals surface area (Å²) >= 11 is 19.2. The fourth-order valence-corrected chi connectivity index (χ4v) is 3.94. The van der Waals surface area contributed by atoms with Crippen LogP contribution in [0.25, 0.3) is 0 Å². The van der Waals surface area contributed by atoms with Crippen molar-refractivity contribution in [3.05, 3.63) is 98.0 Å². The fourth-order valence-electron chi connectivity index (χ4n) is 3.15. The maximum atomic E-state index is 12.3. The van der Waals surface area contributed by atoms with Crippen LogP contribution in [0.3, 0.4) is 0 Å². The van der Waals surface area contributed by atoms with Crippen molar-refractivity contribution in [1.29, 1.82) is 5.26 Å². The van der Waals surface area contributed by atoms with E-state index in [4.69, 9.17) is 34.8 Å². The molecule has 0 fully saturated rings. The van der Waals surface area contributed by atoms with Crippen LogP contribution in [-0.2, 0) is 4.79 Å². The minimum absolute atomic E-state index is 0.272. The number of hydrogen-bond donors (Lipinski definition) is 0. The van der Waals surface area contributed by atoms with E-state index in [0.29, 0.717) is 32.4 Å². The van der Waals surface area contributed by atoms with Gasteiger partial charge in [0, 0.05) is 22.5 Å². The van der Waals surface area contributed by atoms with Gasteiger partial charge in [-0.3, -0.25) is 4.79 Å². The number of nitriles is 1. The Morgan fingerprint density at radius 3 is 2.32 bits per heavy atom. The molecule has 3 aromatic rings. The third kappa shape index (κ3) is 5.08. The fraction of sp³-hybridized carbons (Fsp3) is 0.125. The zero-order chi connectivity index (χ0) is 22.5. The quantitative estimate of drug-likeness (QED) is 0.298. The van der Waals surface area contributed by atoms with Crippen LogP contribution in [0, 0.1) is 18.3 Å². The first kappa shape index (κ1) is 22.8. The van der Waals surface area contributed by atoms with Crippen molar-refractivity contribution in [1.82, 2.24) is 0 Å². The molecule has 0 heterocycles. The van der Waals surface area contributed by atoms with Crippen molar-refractivity contribution in [2.75, 3.05) is 5.01 Å². The average Bonchev–Trinajstić information content (AvgIpc) is 2.76. The molecule has 0 spiro atoms. The number of hydrogen-bond acceptors (Lipinski definition) is 3. The van der Waals surface area contributed by atoms with Gasteiger partial charge in [-0.25, -0.2) is 5.01 Å². The summed E-state index contributed by atoms with van der Waals surface area (Å²) in [6.45, 7) is 3.17. The van der Waals surface area contributed by atoms with Crippen molar-refractivity contribution in [2.45, 2.75) is 19.8 Å². The molecule has 4 nitrogen and oxygen atoms in total. The molecular weight excluding hydrogens is 453 g/mol. The molecule has 0 aliphatic carbocycles. The highest BCUT2D eigenvalue weighted by Gasteiger charge is 2.25. The molecule has 156 valence electrons. The van der Waals surface area contributed by atoms with Gasteiger partial charge in [-0.15, -0.1) is 0 Å². The van der Waals surface area contributed by atoms with Crippen molar-refractivity contribution in [3.63, 3.8) is 0 Å². The highest BCUT2D eigenvalue weighted by Crippen LogP contribution is 2.41. The summed E-state index contributed by atoms with van der Waals surface area (Å²) in [7, 11) is 0. The summed E-state index contributed by atoms with van der Waals surface area (Å²) in [5, 5.41) is 16.6. The number of benzene rings is 3. The number of hydrazone groups is 1. The number of amides is 1. The van der Waals surface area contributed by atoms with Gasteiger partial charge in [-0.05, 0) is 41.8 Å². The Morgan fingerprint density at radius 2 is 1.74 bits per heavy atom. The molecule has 0 aliphatic heterocycles. The number of carbonyl (C=O) groups is 1. The lowest BCUT2D eigenvalue weighted by atomic mass is 9.91. The first-order valence-electron chi connectivity index (χ1n) is 9.36. The van der Waals surface area contributed by atoms with Gasteiger partial charge in [-0.2, -0.15) is 10.4 Å². The first-order valence-corrected chi connectivity index (χ1v) is 10.5. The van der Waals surface area contributed by atoms with Gasteiger partial charge < -0.3 is 0 Å². The molecule has 0 saturated carbocycles. The Bertz CT molecular complexity index is 1170. The van der Waals surface area contributed by atoms with Crippen molar-refractivity contribution >= 4 is 52.6 Å². The Morgan fingerprint density at radius 1 is 1.10 bits per heavy atom. The molecule has 0 saturated heterocycles. The minimum atomic E-state index is -0.691. The molecule has 0 radical (unpaired) electrons. The molecule has 0 aliphatic rings. The largest absolute Gasteiger partial charge is 0.273 e. The van der Waals surface area contributed by atoms with Crippen LogP contribution in [0.5, 0.6) is 0 Å².